The second-order valence-corrected chi connectivity index (χ2v) is 8.22. The number of nitrogens with one attached hydrogen (secondary N) is 2. The number of aromatic nitrogens is 3. The van der Waals surface area contributed by atoms with Gasteiger partial charge in [-0.25, -0.2) is 4.68 Å². The van der Waals surface area contributed by atoms with Crippen molar-refractivity contribution >= 4 is 35.0 Å². The number of nitrogens with zero attached hydrogens (tertiary/aromatic N) is 3. The van der Waals surface area contributed by atoms with Crippen LogP contribution in [0.2, 0.25) is 5.02 Å². The normalized spacial score (nSPS) is 17.9. The Morgan fingerprint density at radius 1 is 1.24 bits per heavy atom. The molecule has 0 unspecified atom stereocenters. The maximum atomic E-state index is 13.2. The molecule has 1 aromatic heterocycles. The summed E-state index contributed by atoms with van der Waals surface area (Å²) in [5.41, 5.74) is 6.02. The third kappa shape index (κ3) is 3.77. The molecule has 1 aliphatic rings. The van der Waals surface area contributed by atoms with Gasteiger partial charge in [-0.15, -0.1) is 10.2 Å². The van der Waals surface area contributed by atoms with Crippen molar-refractivity contribution in [1.29, 1.82) is 0 Å². The smallest absolute Gasteiger partial charge is 0.240 e. The maximum Gasteiger partial charge on any atom is 0.240 e. The number of para-hydroxylation sites is 1. The third-order valence-electron chi connectivity index (χ3n) is 4.79. The van der Waals surface area contributed by atoms with E-state index in [4.69, 9.17) is 16.3 Å². The van der Waals surface area contributed by atoms with Gasteiger partial charge in [0.1, 0.15) is 16.8 Å². The number of rotatable bonds is 4. The number of hydrogen-bond donors (Lipinski definition) is 2. The van der Waals surface area contributed by atoms with Gasteiger partial charge in [-0.05, 0) is 43.2 Å². The van der Waals surface area contributed by atoms with Crippen molar-refractivity contribution < 1.29 is 9.53 Å². The largest absolute Gasteiger partial charge is 0.495 e. The molecule has 29 heavy (non-hydrogen) atoms. The van der Waals surface area contributed by atoms with E-state index in [0.717, 1.165) is 22.6 Å². The summed E-state index contributed by atoms with van der Waals surface area (Å²) in [5.74, 6) is 1.18. The number of anilines is 1. The zero-order valence-corrected chi connectivity index (χ0v) is 17.7. The number of amides is 1. The molecule has 1 amide bonds. The lowest BCUT2D eigenvalue weighted by molar-refractivity contribution is -0.116. The average Bonchev–Trinajstić information content (AvgIpc) is 3.08. The van der Waals surface area contributed by atoms with E-state index in [1.807, 2.05) is 50.2 Å². The Labute approximate surface area is 177 Å². The van der Waals surface area contributed by atoms with Crippen LogP contribution in [0.5, 0.6) is 5.75 Å². The molecule has 3 aromatic rings. The molecule has 4 rings (SSSR count). The Morgan fingerprint density at radius 3 is 2.76 bits per heavy atom. The second-order valence-electron chi connectivity index (χ2n) is 6.71. The third-order valence-corrected chi connectivity index (χ3v) is 6.31. The summed E-state index contributed by atoms with van der Waals surface area (Å²) in [7, 11) is 1.57. The molecular formula is C20H20ClN5O2S. The first kappa shape index (κ1) is 19.6. The molecule has 0 spiro atoms. The minimum Gasteiger partial charge on any atom is -0.495 e. The van der Waals surface area contributed by atoms with E-state index in [2.05, 4.69) is 20.9 Å². The van der Waals surface area contributed by atoms with Crippen molar-refractivity contribution in [1.82, 2.24) is 14.9 Å². The van der Waals surface area contributed by atoms with Gasteiger partial charge in [-0.2, -0.15) is 0 Å². The molecule has 0 fully saturated rings. The highest BCUT2D eigenvalue weighted by molar-refractivity contribution is 8.00. The van der Waals surface area contributed by atoms with E-state index in [9.17, 15) is 4.79 Å². The number of benzene rings is 2. The molecular weight excluding hydrogens is 410 g/mol. The van der Waals surface area contributed by atoms with Gasteiger partial charge in [-0.1, -0.05) is 47.6 Å². The Hall–Kier alpha value is -2.71. The van der Waals surface area contributed by atoms with Crippen molar-refractivity contribution in [2.45, 2.75) is 30.3 Å². The summed E-state index contributed by atoms with van der Waals surface area (Å²) in [5, 5.41) is 12.0. The van der Waals surface area contributed by atoms with Crippen LogP contribution in [0.1, 0.15) is 23.0 Å². The SMILES string of the molecule is COc1ccc([C@H]2Nn3c(C)nnc3S[C@@H]2C(=O)Nc2ccccc2C)cc1Cl. The number of fused-ring (bicyclic) bond motifs is 1. The lowest BCUT2D eigenvalue weighted by Crippen LogP contribution is -2.41. The van der Waals surface area contributed by atoms with Crippen LogP contribution in [0.25, 0.3) is 0 Å². The number of ether oxygens (including phenoxy) is 1. The van der Waals surface area contributed by atoms with E-state index in [0.29, 0.717) is 15.9 Å². The number of carbonyl (C=O) groups excluding carboxylic acids is 1. The van der Waals surface area contributed by atoms with Crippen LogP contribution in [-0.4, -0.2) is 33.1 Å². The molecule has 2 N–H and O–H groups in total. The Balaban J connectivity index is 1.70. The number of hydrogen-bond acceptors (Lipinski definition) is 6. The molecule has 9 heteroatoms. The summed E-state index contributed by atoms with van der Waals surface area (Å²) in [6, 6.07) is 12.9. The molecule has 1 aliphatic heterocycles. The van der Waals surface area contributed by atoms with E-state index < -0.39 is 5.25 Å². The van der Waals surface area contributed by atoms with E-state index in [1.165, 1.54) is 11.8 Å². The first-order chi connectivity index (χ1) is 14.0. The predicted molar refractivity (Wildman–Crippen MR) is 114 cm³/mol. The molecule has 0 aliphatic carbocycles. The van der Waals surface area contributed by atoms with Gasteiger partial charge < -0.3 is 15.5 Å². The zero-order valence-electron chi connectivity index (χ0n) is 16.1. The van der Waals surface area contributed by atoms with Crippen LogP contribution in [0.4, 0.5) is 5.69 Å². The van der Waals surface area contributed by atoms with Crippen molar-refractivity contribution in [3.8, 4) is 5.75 Å². The number of aryl methyl sites for hydroxylation is 2. The van der Waals surface area contributed by atoms with Gasteiger partial charge in [0.05, 0.1) is 18.2 Å². The fourth-order valence-electron chi connectivity index (χ4n) is 3.20. The summed E-state index contributed by atoms with van der Waals surface area (Å²) in [6.07, 6.45) is 0. The lowest BCUT2D eigenvalue weighted by Gasteiger charge is -2.33. The minimum absolute atomic E-state index is 0.124. The molecule has 7 nitrogen and oxygen atoms in total. The van der Waals surface area contributed by atoms with Crippen molar-refractivity contribution in [2.24, 2.45) is 0 Å². The van der Waals surface area contributed by atoms with Crippen LogP contribution in [0, 0.1) is 13.8 Å². The number of methoxy groups -OCH3 is 1. The molecule has 2 atom stereocenters. The molecule has 0 saturated carbocycles. The number of carbonyl (C=O) groups is 1. The Morgan fingerprint density at radius 2 is 2.03 bits per heavy atom. The number of halogens is 1. The van der Waals surface area contributed by atoms with Gasteiger partial charge >= 0.3 is 0 Å². The molecule has 2 aromatic carbocycles. The summed E-state index contributed by atoms with van der Waals surface area (Å²) in [6.45, 7) is 3.82. The zero-order chi connectivity index (χ0) is 20.5. The highest BCUT2D eigenvalue weighted by Crippen LogP contribution is 2.39. The quantitative estimate of drug-likeness (QED) is 0.653. The minimum atomic E-state index is -0.477. The Kier molecular flexibility index (Phi) is 5.38. The summed E-state index contributed by atoms with van der Waals surface area (Å²) < 4.78 is 7.05. The molecule has 0 saturated heterocycles. The van der Waals surface area contributed by atoms with Crippen molar-refractivity contribution in [3.05, 3.63) is 64.4 Å². The first-order valence-electron chi connectivity index (χ1n) is 9.03. The van der Waals surface area contributed by atoms with Crippen molar-refractivity contribution in [3.63, 3.8) is 0 Å². The standard InChI is InChI=1S/C20H20ClN5O2S/c1-11-6-4-5-7-15(11)22-19(27)18-17(13-8-9-16(28-3)14(21)10-13)25-26-12(2)23-24-20(26)29-18/h4-10,17-18,25H,1-3H3,(H,22,27)/t17-,18+/m1/s1. The molecule has 150 valence electrons. The van der Waals surface area contributed by atoms with Crippen LogP contribution in [-0.2, 0) is 4.79 Å². The van der Waals surface area contributed by atoms with Crippen LogP contribution in [0.3, 0.4) is 0 Å². The monoisotopic (exact) mass is 429 g/mol. The highest BCUT2D eigenvalue weighted by atomic mass is 35.5. The van der Waals surface area contributed by atoms with Gasteiger partial charge in [0, 0.05) is 5.69 Å². The van der Waals surface area contributed by atoms with E-state index in [1.54, 1.807) is 17.9 Å². The molecule has 2 heterocycles. The fourth-order valence-corrected chi connectivity index (χ4v) is 4.60. The van der Waals surface area contributed by atoms with Gasteiger partial charge in [0.2, 0.25) is 11.1 Å². The lowest BCUT2D eigenvalue weighted by atomic mass is 10.0. The average molecular weight is 430 g/mol. The second kappa shape index (κ2) is 7.96. The van der Waals surface area contributed by atoms with E-state index in [-0.39, 0.29) is 11.9 Å². The van der Waals surface area contributed by atoms with Crippen molar-refractivity contribution in [2.75, 3.05) is 17.9 Å². The van der Waals surface area contributed by atoms with Crippen LogP contribution >= 0.6 is 23.4 Å². The maximum absolute atomic E-state index is 13.2. The molecule has 0 bridgehead atoms. The number of thioether (sulfide) groups is 1. The topological polar surface area (TPSA) is 81.1 Å². The summed E-state index contributed by atoms with van der Waals surface area (Å²) >= 11 is 7.72. The highest BCUT2D eigenvalue weighted by Gasteiger charge is 2.37. The summed E-state index contributed by atoms with van der Waals surface area (Å²) in [4.78, 5) is 13.2. The van der Waals surface area contributed by atoms with Gasteiger partial charge in [-0.3, -0.25) is 4.79 Å². The molecule has 0 radical (unpaired) electrons. The predicted octanol–water partition coefficient (Wildman–Crippen LogP) is 3.95. The van der Waals surface area contributed by atoms with Crippen LogP contribution in [0.15, 0.2) is 47.6 Å². The van der Waals surface area contributed by atoms with Crippen LogP contribution < -0.4 is 15.5 Å². The van der Waals surface area contributed by atoms with E-state index >= 15 is 0 Å². The Bertz CT molecular complexity index is 1070. The first-order valence-corrected chi connectivity index (χ1v) is 10.3. The fraction of sp³-hybridized carbons (Fsp3) is 0.250. The van der Waals surface area contributed by atoms with Gasteiger partial charge in [0.15, 0.2) is 0 Å². The van der Waals surface area contributed by atoms with Gasteiger partial charge in [0.25, 0.3) is 0 Å².